The van der Waals surface area contributed by atoms with Crippen LogP contribution in [0.3, 0.4) is 0 Å². The van der Waals surface area contributed by atoms with Gasteiger partial charge in [-0.05, 0) is 52.7 Å². The summed E-state index contributed by atoms with van der Waals surface area (Å²) in [6, 6.07) is 18.4. The Bertz CT molecular complexity index is 810. The Kier molecular flexibility index (Phi) is 7.60. The van der Waals surface area contributed by atoms with Crippen molar-refractivity contribution in [3.8, 4) is 0 Å². The van der Waals surface area contributed by atoms with Crippen LogP contribution in [-0.2, 0) is 20.0 Å². The molecule has 2 aromatic rings. The average molecular weight is 418 g/mol. The predicted octanol–water partition coefficient (Wildman–Crippen LogP) is 5.47. The minimum absolute atomic E-state index is 0.558. The summed E-state index contributed by atoms with van der Waals surface area (Å²) >= 11 is -1.59. The molecule has 158 valence electrons. The Morgan fingerprint density at radius 2 is 1.34 bits per heavy atom. The van der Waals surface area contributed by atoms with Crippen molar-refractivity contribution in [1.29, 1.82) is 0 Å². The number of alkyl carbamates (subject to hydrolysis) is 1. The molecule has 2 rings (SSSR count). The fraction of sp³-hybridized carbons (Fsp3) is 0.435. The first-order valence-electron chi connectivity index (χ1n) is 9.66. The van der Waals surface area contributed by atoms with Crippen molar-refractivity contribution in [3.05, 3.63) is 71.8 Å². The zero-order chi connectivity index (χ0) is 21.7. The third-order valence-electron chi connectivity index (χ3n) is 3.95. The van der Waals surface area contributed by atoms with Crippen LogP contribution in [0.1, 0.15) is 64.8 Å². The number of carbonyl (C=O) groups excluding carboxylic acids is 1. The van der Waals surface area contributed by atoms with E-state index in [0.29, 0.717) is 0 Å². The highest BCUT2D eigenvalue weighted by atomic mass is 32.2. The smallest absolute Gasteiger partial charge is 0.408 e. The highest BCUT2D eigenvalue weighted by Crippen LogP contribution is 2.35. The number of hydrogen-bond donors (Lipinski definition) is 1. The topological polar surface area (TPSA) is 64.6 Å². The molecular weight excluding hydrogens is 386 g/mol. The van der Waals surface area contributed by atoms with E-state index in [1.54, 1.807) is 0 Å². The summed E-state index contributed by atoms with van der Waals surface area (Å²) in [5, 5.41) is 2.92. The summed E-state index contributed by atoms with van der Waals surface area (Å²) in [6.45, 7) is 11.0. The standard InChI is InChI=1S/C23H31NO4S/c1-22(2,3)27-21(25)24-19(17-13-9-7-10-14-17)20(18-15-11-8-12-16-18)28-29(26)23(4,5)6/h7-16,19-20H,1-6H3,(H,24,25)/t19-,20+,29+/m0/s1. The first kappa shape index (κ1) is 23.1. The monoisotopic (exact) mass is 417 g/mol. The molecule has 29 heavy (non-hydrogen) atoms. The molecule has 0 aliphatic rings. The van der Waals surface area contributed by atoms with Crippen LogP contribution in [0.4, 0.5) is 4.79 Å². The summed E-state index contributed by atoms with van der Waals surface area (Å²) in [7, 11) is 0. The Labute approximate surface area is 176 Å². The highest BCUT2D eigenvalue weighted by Gasteiger charge is 2.33. The SMILES string of the molecule is CC(C)(C)OC(=O)N[C@@H](c1ccccc1)[C@H](O[S@@](=O)C(C)(C)C)c1ccccc1. The Balaban J connectivity index is 2.45. The molecule has 5 nitrogen and oxygen atoms in total. The summed E-state index contributed by atoms with van der Waals surface area (Å²) in [5.74, 6) is 0. The third-order valence-corrected chi connectivity index (χ3v) is 5.33. The maximum Gasteiger partial charge on any atom is 0.408 e. The van der Waals surface area contributed by atoms with Gasteiger partial charge in [0.2, 0.25) is 0 Å². The molecule has 1 N–H and O–H groups in total. The second-order valence-corrected chi connectivity index (χ2v) is 10.7. The molecule has 2 aromatic carbocycles. The van der Waals surface area contributed by atoms with Gasteiger partial charge in [0.1, 0.15) is 11.7 Å². The second kappa shape index (κ2) is 9.55. The molecule has 0 unspecified atom stereocenters. The van der Waals surface area contributed by atoms with Crippen LogP contribution in [0.2, 0.25) is 0 Å². The lowest BCUT2D eigenvalue weighted by atomic mass is 9.96. The average Bonchev–Trinajstić information content (AvgIpc) is 2.63. The number of benzene rings is 2. The lowest BCUT2D eigenvalue weighted by Gasteiger charge is -2.31. The molecular formula is C23H31NO4S. The molecule has 1 amide bonds. The van der Waals surface area contributed by atoms with Gasteiger partial charge in [0.25, 0.3) is 0 Å². The first-order valence-corrected chi connectivity index (χ1v) is 10.7. The quantitative estimate of drug-likeness (QED) is 0.677. The largest absolute Gasteiger partial charge is 0.444 e. The molecule has 0 saturated heterocycles. The van der Waals surface area contributed by atoms with Gasteiger partial charge in [-0.3, -0.25) is 4.18 Å². The molecule has 0 fully saturated rings. The van der Waals surface area contributed by atoms with E-state index in [-0.39, 0.29) is 0 Å². The van der Waals surface area contributed by atoms with E-state index < -0.39 is 39.7 Å². The van der Waals surface area contributed by atoms with Gasteiger partial charge in [0.15, 0.2) is 11.1 Å². The molecule has 0 aliphatic heterocycles. The van der Waals surface area contributed by atoms with E-state index in [9.17, 15) is 9.00 Å². The van der Waals surface area contributed by atoms with Crippen LogP contribution in [-0.4, -0.2) is 20.7 Å². The molecule has 0 aliphatic carbocycles. The van der Waals surface area contributed by atoms with Crippen molar-refractivity contribution in [2.75, 3.05) is 0 Å². The minimum atomic E-state index is -1.59. The van der Waals surface area contributed by atoms with Crippen LogP contribution >= 0.6 is 0 Å². The molecule has 0 spiro atoms. The second-order valence-electron chi connectivity index (χ2n) is 8.81. The zero-order valence-corrected chi connectivity index (χ0v) is 18.8. The Hall–Kier alpha value is -2.18. The van der Waals surface area contributed by atoms with E-state index >= 15 is 0 Å². The summed E-state index contributed by atoms with van der Waals surface area (Å²) in [6.07, 6.45) is -1.22. The zero-order valence-electron chi connectivity index (χ0n) is 18.0. The van der Waals surface area contributed by atoms with Gasteiger partial charge in [-0.15, -0.1) is 0 Å². The molecule has 0 aromatic heterocycles. The minimum Gasteiger partial charge on any atom is -0.444 e. The van der Waals surface area contributed by atoms with Gasteiger partial charge in [-0.2, -0.15) is 0 Å². The van der Waals surface area contributed by atoms with Crippen LogP contribution in [0.25, 0.3) is 0 Å². The van der Waals surface area contributed by atoms with Crippen LogP contribution < -0.4 is 5.32 Å². The summed E-state index contributed by atoms with van der Waals surface area (Å²) in [5.41, 5.74) is 1.01. The molecule has 3 atom stereocenters. The predicted molar refractivity (Wildman–Crippen MR) is 117 cm³/mol. The lowest BCUT2D eigenvalue weighted by Crippen LogP contribution is -2.39. The van der Waals surface area contributed by atoms with Crippen LogP contribution in [0.15, 0.2) is 60.7 Å². The molecule has 0 saturated carbocycles. The van der Waals surface area contributed by atoms with Gasteiger partial charge in [-0.1, -0.05) is 60.7 Å². The molecule has 6 heteroatoms. The Morgan fingerprint density at radius 1 is 0.862 bits per heavy atom. The van der Waals surface area contributed by atoms with E-state index in [4.69, 9.17) is 8.92 Å². The van der Waals surface area contributed by atoms with Crippen molar-refractivity contribution in [1.82, 2.24) is 5.32 Å². The fourth-order valence-corrected chi connectivity index (χ4v) is 3.31. The van der Waals surface area contributed by atoms with E-state index in [1.807, 2.05) is 102 Å². The van der Waals surface area contributed by atoms with Gasteiger partial charge >= 0.3 is 6.09 Å². The van der Waals surface area contributed by atoms with E-state index in [1.165, 1.54) is 0 Å². The first-order chi connectivity index (χ1) is 13.5. The maximum absolute atomic E-state index is 12.8. The fourth-order valence-electron chi connectivity index (χ4n) is 2.61. The highest BCUT2D eigenvalue weighted by molar-refractivity contribution is 7.81. The number of carbonyl (C=O) groups is 1. The van der Waals surface area contributed by atoms with Crippen LogP contribution in [0.5, 0.6) is 0 Å². The lowest BCUT2D eigenvalue weighted by molar-refractivity contribution is 0.0448. The van der Waals surface area contributed by atoms with Gasteiger partial charge in [0, 0.05) is 0 Å². The number of rotatable bonds is 6. The summed E-state index contributed by atoms with van der Waals surface area (Å²) < 4.78 is 23.8. The number of nitrogens with one attached hydrogen (secondary N) is 1. The number of amides is 1. The van der Waals surface area contributed by atoms with Gasteiger partial charge in [-0.25, -0.2) is 9.00 Å². The van der Waals surface area contributed by atoms with Gasteiger partial charge < -0.3 is 10.1 Å². The van der Waals surface area contributed by atoms with Gasteiger partial charge in [0.05, 0.1) is 10.8 Å². The molecule has 0 bridgehead atoms. The van der Waals surface area contributed by atoms with Crippen LogP contribution in [0, 0.1) is 0 Å². The van der Waals surface area contributed by atoms with Crippen molar-refractivity contribution in [3.63, 3.8) is 0 Å². The Morgan fingerprint density at radius 3 is 1.79 bits per heavy atom. The van der Waals surface area contributed by atoms with E-state index in [0.717, 1.165) is 11.1 Å². The molecule has 0 radical (unpaired) electrons. The number of hydrogen-bond acceptors (Lipinski definition) is 4. The molecule has 0 heterocycles. The van der Waals surface area contributed by atoms with Crippen molar-refractivity contribution in [2.24, 2.45) is 0 Å². The van der Waals surface area contributed by atoms with Crippen molar-refractivity contribution < 1.29 is 17.9 Å². The van der Waals surface area contributed by atoms with Crippen molar-refractivity contribution in [2.45, 2.75) is 64.0 Å². The van der Waals surface area contributed by atoms with E-state index in [2.05, 4.69) is 5.32 Å². The van der Waals surface area contributed by atoms with Crippen molar-refractivity contribution >= 4 is 17.2 Å². The summed E-state index contributed by atoms with van der Waals surface area (Å²) in [4.78, 5) is 12.6. The normalized spacial score (nSPS) is 15.2. The third kappa shape index (κ3) is 7.29. The maximum atomic E-state index is 12.8. The number of ether oxygens (including phenoxy) is 1.